The van der Waals surface area contributed by atoms with E-state index >= 15 is 0 Å². The minimum Gasteiger partial charge on any atom is -0.489 e. The number of para-hydroxylation sites is 1. The van der Waals surface area contributed by atoms with Crippen LogP contribution in [0.2, 0.25) is 0 Å². The summed E-state index contributed by atoms with van der Waals surface area (Å²) in [6.07, 6.45) is 1.69. The van der Waals surface area contributed by atoms with E-state index in [2.05, 4.69) is 22.5 Å². The predicted octanol–water partition coefficient (Wildman–Crippen LogP) is 4.30. The normalized spacial score (nSPS) is 16.0. The first-order valence-corrected chi connectivity index (χ1v) is 9.81. The van der Waals surface area contributed by atoms with Crippen molar-refractivity contribution in [2.24, 2.45) is 0 Å². The number of anilines is 1. The molecular weight excluding hydrogens is 382 g/mol. The SMILES string of the molecule is C=CCOc1ccccc1[C@H]1NC(=S)NC(C)=C1C(=O)Nc1ccc(C)cc1C. The monoisotopic (exact) mass is 407 g/mol. The van der Waals surface area contributed by atoms with Crippen LogP contribution in [0.4, 0.5) is 5.69 Å². The van der Waals surface area contributed by atoms with Gasteiger partial charge in [-0.15, -0.1) is 0 Å². The van der Waals surface area contributed by atoms with E-state index in [1.165, 1.54) is 0 Å². The molecule has 0 fully saturated rings. The molecule has 0 unspecified atom stereocenters. The van der Waals surface area contributed by atoms with Gasteiger partial charge in [-0.3, -0.25) is 4.79 Å². The van der Waals surface area contributed by atoms with Crippen molar-refractivity contribution in [3.63, 3.8) is 0 Å². The lowest BCUT2D eigenvalue weighted by Gasteiger charge is -2.31. The van der Waals surface area contributed by atoms with Crippen LogP contribution in [-0.2, 0) is 4.79 Å². The van der Waals surface area contributed by atoms with E-state index in [9.17, 15) is 4.79 Å². The van der Waals surface area contributed by atoms with Crippen LogP contribution in [0.5, 0.6) is 5.75 Å². The first kappa shape index (κ1) is 20.6. The Morgan fingerprint density at radius 3 is 2.72 bits per heavy atom. The van der Waals surface area contributed by atoms with Crippen LogP contribution in [0, 0.1) is 13.8 Å². The van der Waals surface area contributed by atoms with Crippen LogP contribution in [0.25, 0.3) is 0 Å². The van der Waals surface area contributed by atoms with E-state index in [1.807, 2.05) is 63.2 Å². The van der Waals surface area contributed by atoms with Gasteiger partial charge in [0.25, 0.3) is 5.91 Å². The number of nitrogens with one attached hydrogen (secondary N) is 3. The molecular formula is C23H25N3O2S. The van der Waals surface area contributed by atoms with Crippen molar-refractivity contribution in [1.82, 2.24) is 10.6 Å². The maximum Gasteiger partial charge on any atom is 0.255 e. The second kappa shape index (κ2) is 8.92. The lowest BCUT2D eigenvalue weighted by Crippen LogP contribution is -2.45. The Kier molecular flexibility index (Phi) is 6.34. The molecule has 1 atom stereocenters. The third kappa shape index (κ3) is 4.66. The topological polar surface area (TPSA) is 62.4 Å². The molecule has 0 saturated carbocycles. The fraction of sp³-hybridized carbons (Fsp3) is 0.217. The Balaban J connectivity index is 1.98. The van der Waals surface area contributed by atoms with E-state index in [0.717, 1.165) is 22.4 Å². The number of ether oxygens (including phenoxy) is 1. The largest absolute Gasteiger partial charge is 0.489 e. The zero-order valence-electron chi connectivity index (χ0n) is 16.8. The van der Waals surface area contributed by atoms with Crippen molar-refractivity contribution in [2.45, 2.75) is 26.8 Å². The Labute approximate surface area is 176 Å². The third-order valence-electron chi connectivity index (χ3n) is 4.73. The average Bonchev–Trinajstić information content (AvgIpc) is 2.68. The molecule has 0 saturated heterocycles. The standard InChI is InChI=1S/C23H25N3O2S/c1-5-12-28-19-9-7-6-8-17(19)21-20(16(4)24-23(29)26-21)22(27)25-18-11-10-14(2)13-15(18)3/h5-11,13,21H,1,12H2,2-4H3,(H,25,27)(H2,24,26,29)/t21-/m1/s1. The van der Waals surface area contributed by atoms with Crippen LogP contribution < -0.4 is 20.7 Å². The summed E-state index contributed by atoms with van der Waals surface area (Å²) in [4.78, 5) is 13.3. The van der Waals surface area contributed by atoms with Crippen LogP contribution in [-0.4, -0.2) is 17.6 Å². The van der Waals surface area contributed by atoms with Gasteiger partial charge in [0.15, 0.2) is 5.11 Å². The number of rotatable bonds is 6. The molecule has 29 heavy (non-hydrogen) atoms. The first-order valence-electron chi connectivity index (χ1n) is 9.40. The van der Waals surface area contributed by atoms with Gasteiger partial charge >= 0.3 is 0 Å². The van der Waals surface area contributed by atoms with E-state index < -0.39 is 6.04 Å². The van der Waals surface area contributed by atoms with Gasteiger partial charge in [0.1, 0.15) is 12.4 Å². The number of benzene rings is 2. The highest BCUT2D eigenvalue weighted by Crippen LogP contribution is 2.34. The summed E-state index contributed by atoms with van der Waals surface area (Å²) in [7, 11) is 0. The molecule has 1 heterocycles. The van der Waals surface area contributed by atoms with Gasteiger partial charge < -0.3 is 20.7 Å². The molecule has 0 aromatic heterocycles. The predicted molar refractivity (Wildman–Crippen MR) is 121 cm³/mol. The zero-order chi connectivity index (χ0) is 21.0. The van der Waals surface area contributed by atoms with Crippen molar-refractivity contribution >= 4 is 28.9 Å². The van der Waals surface area contributed by atoms with Gasteiger partial charge in [-0.2, -0.15) is 0 Å². The summed E-state index contributed by atoms with van der Waals surface area (Å²) in [6, 6.07) is 13.1. The van der Waals surface area contributed by atoms with Crippen molar-refractivity contribution in [3.05, 3.63) is 83.1 Å². The summed E-state index contributed by atoms with van der Waals surface area (Å²) in [5.41, 5.74) is 5.05. The molecule has 0 radical (unpaired) electrons. The molecule has 1 aliphatic heterocycles. The number of allylic oxidation sites excluding steroid dienone is 1. The maximum absolute atomic E-state index is 13.3. The quantitative estimate of drug-likeness (QED) is 0.492. The molecule has 1 amide bonds. The summed E-state index contributed by atoms with van der Waals surface area (Å²) in [6.45, 7) is 9.93. The van der Waals surface area contributed by atoms with Crippen molar-refractivity contribution in [3.8, 4) is 5.75 Å². The highest BCUT2D eigenvalue weighted by atomic mass is 32.1. The Bertz CT molecular complexity index is 997. The second-order valence-electron chi connectivity index (χ2n) is 6.98. The minimum atomic E-state index is -0.435. The average molecular weight is 408 g/mol. The Hall–Kier alpha value is -3.12. The Morgan fingerprint density at radius 2 is 2.00 bits per heavy atom. The summed E-state index contributed by atoms with van der Waals surface area (Å²) >= 11 is 5.35. The zero-order valence-corrected chi connectivity index (χ0v) is 17.7. The Morgan fingerprint density at radius 1 is 1.24 bits per heavy atom. The van der Waals surface area contributed by atoms with Crippen LogP contribution in [0.3, 0.4) is 0 Å². The number of carbonyl (C=O) groups is 1. The smallest absolute Gasteiger partial charge is 0.255 e. The number of amides is 1. The van der Waals surface area contributed by atoms with E-state index in [4.69, 9.17) is 17.0 Å². The first-order chi connectivity index (χ1) is 13.9. The minimum absolute atomic E-state index is 0.194. The summed E-state index contributed by atoms with van der Waals surface area (Å²) < 4.78 is 5.81. The fourth-order valence-electron chi connectivity index (χ4n) is 3.37. The number of hydrogen-bond acceptors (Lipinski definition) is 3. The number of carbonyl (C=O) groups excluding carboxylic acids is 1. The third-order valence-corrected chi connectivity index (χ3v) is 4.95. The van der Waals surface area contributed by atoms with Gasteiger partial charge in [-0.25, -0.2) is 0 Å². The fourth-order valence-corrected chi connectivity index (χ4v) is 3.64. The second-order valence-corrected chi connectivity index (χ2v) is 7.39. The van der Waals surface area contributed by atoms with Crippen molar-refractivity contribution in [1.29, 1.82) is 0 Å². The lowest BCUT2D eigenvalue weighted by atomic mass is 9.94. The van der Waals surface area contributed by atoms with Crippen molar-refractivity contribution in [2.75, 3.05) is 11.9 Å². The number of thiocarbonyl (C=S) groups is 1. The summed E-state index contributed by atoms with van der Waals surface area (Å²) in [5, 5.41) is 9.78. The molecule has 3 N–H and O–H groups in total. The van der Waals surface area contributed by atoms with Crippen LogP contribution >= 0.6 is 12.2 Å². The van der Waals surface area contributed by atoms with Gasteiger partial charge in [0.05, 0.1) is 11.6 Å². The lowest BCUT2D eigenvalue weighted by molar-refractivity contribution is -0.113. The summed E-state index contributed by atoms with van der Waals surface area (Å²) in [5.74, 6) is 0.486. The molecule has 0 aliphatic carbocycles. The molecule has 6 heteroatoms. The molecule has 150 valence electrons. The number of aryl methyl sites for hydroxylation is 2. The van der Waals surface area contributed by atoms with Crippen LogP contribution in [0.1, 0.15) is 29.7 Å². The number of hydrogen-bond donors (Lipinski definition) is 3. The highest BCUT2D eigenvalue weighted by molar-refractivity contribution is 7.80. The van der Waals surface area contributed by atoms with E-state index in [1.54, 1.807) is 6.08 Å². The molecule has 3 rings (SSSR count). The molecule has 0 bridgehead atoms. The van der Waals surface area contributed by atoms with Gasteiger partial charge in [0.2, 0.25) is 0 Å². The van der Waals surface area contributed by atoms with Crippen molar-refractivity contribution < 1.29 is 9.53 Å². The molecule has 1 aliphatic rings. The molecule has 0 spiro atoms. The van der Waals surface area contributed by atoms with E-state index in [-0.39, 0.29) is 5.91 Å². The highest BCUT2D eigenvalue weighted by Gasteiger charge is 2.31. The van der Waals surface area contributed by atoms with Crippen LogP contribution in [0.15, 0.2) is 66.4 Å². The molecule has 2 aromatic carbocycles. The van der Waals surface area contributed by atoms with E-state index in [0.29, 0.717) is 28.7 Å². The van der Waals surface area contributed by atoms with Gasteiger partial charge in [-0.05, 0) is 50.7 Å². The van der Waals surface area contributed by atoms with Gasteiger partial charge in [0, 0.05) is 16.9 Å². The maximum atomic E-state index is 13.3. The van der Waals surface area contributed by atoms with Gasteiger partial charge in [-0.1, -0.05) is 48.6 Å². The molecule has 2 aromatic rings. The molecule has 5 nitrogen and oxygen atoms in total.